The van der Waals surface area contributed by atoms with Crippen LogP contribution in [-0.2, 0) is 17.7 Å². The van der Waals surface area contributed by atoms with E-state index in [1.54, 1.807) is 18.4 Å². The van der Waals surface area contributed by atoms with Gasteiger partial charge in [0.2, 0.25) is 0 Å². The van der Waals surface area contributed by atoms with E-state index in [0.29, 0.717) is 0 Å². The molecule has 96 valence electrons. The summed E-state index contributed by atoms with van der Waals surface area (Å²) in [6, 6.07) is 8.34. The highest BCUT2D eigenvalue weighted by molar-refractivity contribution is 7.09. The van der Waals surface area contributed by atoms with Gasteiger partial charge in [-0.05, 0) is 25.0 Å². The quantitative estimate of drug-likeness (QED) is 0.867. The van der Waals surface area contributed by atoms with Crippen LogP contribution in [0.25, 0.3) is 0 Å². The Morgan fingerprint density at radius 1 is 1.33 bits per heavy atom. The van der Waals surface area contributed by atoms with E-state index >= 15 is 0 Å². The van der Waals surface area contributed by atoms with E-state index in [2.05, 4.69) is 33.9 Å². The molecule has 0 bridgehead atoms. The molecule has 1 heterocycles. The van der Waals surface area contributed by atoms with Crippen LogP contribution in [0.2, 0.25) is 0 Å². The summed E-state index contributed by atoms with van der Waals surface area (Å²) >= 11 is 1.69. The van der Waals surface area contributed by atoms with E-state index in [1.165, 1.54) is 11.3 Å². The van der Waals surface area contributed by atoms with Crippen LogP contribution in [0.15, 0.2) is 29.6 Å². The first-order valence-corrected chi connectivity index (χ1v) is 6.89. The maximum absolute atomic E-state index is 5.13. The van der Waals surface area contributed by atoms with Crippen molar-refractivity contribution in [3.8, 4) is 0 Å². The molecule has 2 rings (SSSR count). The SMILES string of the molecule is COCCc1ccccc1NCc1nc(C)cs1. The van der Waals surface area contributed by atoms with Gasteiger partial charge in [-0.15, -0.1) is 11.3 Å². The summed E-state index contributed by atoms with van der Waals surface area (Å²) in [5.74, 6) is 0. The zero-order chi connectivity index (χ0) is 12.8. The molecule has 1 aromatic heterocycles. The van der Waals surface area contributed by atoms with Crippen molar-refractivity contribution in [3.63, 3.8) is 0 Å². The second kappa shape index (κ2) is 6.52. The number of aryl methyl sites for hydroxylation is 1. The lowest BCUT2D eigenvalue weighted by Crippen LogP contribution is -2.04. The Bertz CT molecular complexity index is 496. The summed E-state index contributed by atoms with van der Waals surface area (Å²) in [6.45, 7) is 3.55. The molecule has 0 aliphatic carbocycles. The normalized spacial score (nSPS) is 10.6. The van der Waals surface area contributed by atoms with Crippen molar-refractivity contribution in [2.45, 2.75) is 19.9 Å². The van der Waals surface area contributed by atoms with E-state index in [4.69, 9.17) is 4.74 Å². The average Bonchev–Trinajstić information content (AvgIpc) is 2.81. The van der Waals surface area contributed by atoms with Crippen molar-refractivity contribution in [1.82, 2.24) is 4.98 Å². The second-order valence-electron chi connectivity index (χ2n) is 4.14. The van der Waals surface area contributed by atoms with Crippen molar-refractivity contribution in [3.05, 3.63) is 45.9 Å². The Hall–Kier alpha value is -1.39. The molecule has 4 heteroatoms. The second-order valence-corrected chi connectivity index (χ2v) is 5.08. The third-order valence-electron chi connectivity index (χ3n) is 2.69. The molecule has 0 radical (unpaired) electrons. The van der Waals surface area contributed by atoms with Crippen LogP contribution in [0.5, 0.6) is 0 Å². The van der Waals surface area contributed by atoms with Gasteiger partial charge >= 0.3 is 0 Å². The molecule has 2 aromatic rings. The highest BCUT2D eigenvalue weighted by atomic mass is 32.1. The Morgan fingerprint density at radius 2 is 2.17 bits per heavy atom. The lowest BCUT2D eigenvalue weighted by atomic mass is 10.1. The molecule has 0 aliphatic heterocycles. The van der Waals surface area contributed by atoms with Crippen LogP contribution in [0.3, 0.4) is 0 Å². The number of nitrogens with zero attached hydrogens (tertiary/aromatic N) is 1. The van der Waals surface area contributed by atoms with Gasteiger partial charge in [0.15, 0.2) is 0 Å². The van der Waals surface area contributed by atoms with Gasteiger partial charge in [0.1, 0.15) is 5.01 Å². The Kier molecular flexibility index (Phi) is 4.73. The summed E-state index contributed by atoms with van der Waals surface area (Å²) in [5, 5.41) is 6.64. The number of nitrogens with one attached hydrogen (secondary N) is 1. The Balaban J connectivity index is 1.99. The van der Waals surface area contributed by atoms with E-state index < -0.39 is 0 Å². The zero-order valence-corrected chi connectivity index (χ0v) is 11.6. The number of aromatic nitrogens is 1. The van der Waals surface area contributed by atoms with Gasteiger partial charge in [0, 0.05) is 23.9 Å². The number of ether oxygens (including phenoxy) is 1. The van der Waals surface area contributed by atoms with E-state index in [-0.39, 0.29) is 0 Å². The van der Waals surface area contributed by atoms with Crippen LogP contribution in [0.4, 0.5) is 5.69 Å². The first-order chi connectivity index (χ1) is 8.79. The molecule has 18 heavy (non-hydrogen) atoms. The minimum Gasteiger partial charge on any atom is -0.384 e. The van der Waals surface area contributed by atoms with Crippen molar-refractivity contribution in [2.24, 2.45) is 0 Å². The van der Waals surface area contributed by atoms with Crippen molar-refractivity contribution in [1.29, 1.82) is 0 Å². The molecule has 0 saturated carbocycles. The monoisotopic (exact) mass is 262 g/mol. The predicted octanol–water partition coefficient (Wildman–Crippen LogP) is 3.25. The maximum atomic E-state index is 5.13. The van der Waals surface area contributed by atoms with Crippen LogP contribution in [-0.4, -0.2) is 18.7 Å². The predicted molar refractivity (Wildman–Crippen MR) is 76.2 cm³/mol. The fourth-order valence-electron chi connectivity index (χ4n) is 1.78. The summed E-state index contributed by atoms with van der Waals surface area (Å²) in [5.41, 5.74) is 3.54. The third-order valence-corrected chi connectivity index (χ3v) is 3.66. The number of methoxy groups -OCH3 is 1. The fourth-order valence-corrected chi connectivity index (χ4v) is 2.49. The average molecular weight is 262 g/mol. The topological polar surface area (TPSA) is 34.1 Å². The van der Waals surface area contributed by atoms with Gasteiger partial charge in [0.25, 0.3) is 0 Å². The summed E-state index contributed by atoms with van der Waals surface area (Å²) < 4.78 is 5.13. The number of benzene rings is 1. The van der Waals surface area contributed by atoms with E-state index in [0.717, 1.165) is 30.3 Å². The first kappa shape index (κ1) is 13.1. The standard InChI is InChI=1S/C14H18N2OS/c1-11-10-18-14(16-11)9-15-13-6-4-3-5-12(13)7-8-17-2/h3-6,10,15H,7-9H2,1-2H3. The van der Waals surface area contributed by atoms with Gasteiger partial charge in [-0.3, -0.25) is 0 Å². The molecular formula is C14H18N2OS. The van der Waals surface area contributed by atoms with E-state index in [9.17, 15) is 0 Å². The number of rotatable bonds is 6. The minimum atomic E-state index is 0.745. The number of hydrogen-bond donors (Lipinski definition) is 1. The fraction of sp³-hybridized carbons (Fsp3) is 0.357. The molecule has 0 amide bonds. The number of hydrogen-bond acceptors (Lipinski definition) is 4. The third kappa shape index (κ3) is 3.55. The molecular weight excluding hydrogens is 244 g/mol. The van der Waals surface area contributed by atoms with Crippen molar-refractivity contribution >= 4 is 17.0 Å². The summed E-state index contributed by atoms with van der Waals surface area (Å²) in [7, 11) is 1.73. The highest BCUT2D eigenvalue weighted by Gasteiger charge is 2.03. The van der Waals surface area contributed by atoms with Gasteiger partial charge in [0.05, 0.1) is 13.2 Å². The molecule has 0 atom stereocenters. The van der Waals surface area contributed by atoms with Gasteiger partial charge in [-0.1, -0.05) is 18.2 Å². The van der Waals surface area contributed by atoms with Gasteiger partial charge in [-0.25, -0.2) is 4.98 Å². The lowest BCUT2D eigenvalue weighted by Gasteiger charge is -2.10. The number of anilines is 1. The minimum absolute atomic E-state index is 0.745. The van der Waals surface area contributed by atoms with Gasteiger partial charge < -0.3 is 10.1 Å². The van der Waals surface area contributed by atoms with Crippen molar-refractivity contribution in [2.75, 3.05) is 19.0 Å². The highest BCUT2D eigenvalue weighted by Crippen LogP contribution is 2.18. The number of para-hydroxylation sites is 1. The Morgan fingerprint density at radius 3 is 2.89 bits per heavy atom. The lowest BCUT2D eigenvalue weighted by molar-refractivity contribution is 0.202. The van der Waals surface area contributed by atoms with Crippen LogP contribution >= 0.6 is 11.3 Å². The van der Waals surface area contributed by atoms with Crippen LogP contribution in [0.1, 0.15) is 16.3 Å². The molecule has 0 aliphatic rings. The first-order valence-electron chi connectivity index (χ1n) is 6.01. The molecule has 0 spiro atoms. The number of thiazole rings is 1. The van der Waals surface area contributed by atoms with Crippen molar-refractivity contribution < 1.29 is 4.74 Å². The zero-order valence-electron chi connectivity index (χ0n) is 10.8. The Labute approximate surface area is 112 Å². The van der Waals surface area contributed by atoms with E-state index in [1.807, 2.05) is 13.0 Å². The summed E-state index contributed by atoms with van der Waals surface area (Å²) in [6.07, 6.45) is 0.927. The molecule has 0 unspecified atom stereocenters. The smallest absolute Gasteiger partial charge is 0.112 e. The molecule has 1 aromatic carbocycles. The molecule has 0 saturated heterocycles. The largest absolute Gasteiger partial charge is 0.384 e. The molecule has 3 nitrogen and oxygen atoms in total. The van der Waals surface area contributed by atoms with Crippen LogP contribution < -0.4 is 5.32 Å². The van der Waals surface area contributed by atoms with Gasteiger partial charge in [-0.2, -0.15) is 0 Å². The summed E-state index contributed by atoms with van der Waals surface area (Å²) in [4.78, 5) is 4.45. The molecule has 1 N–H and O–H groups in total. The molecule has 0 fully saturated rings. The maximum Gasteiger partial charge on any atom is 0.112 e. The van der Waals surface area contributed by atoms with Crippen LogP contribution in [0, 0.1) is 6.92 Å².